The van der Waals surface area contributed by atoms with Crippen molar-refractivity contribution in [3.8, 4) is 86.9 Å². The molecular formula is C89H68N8O24S12. The van der Waals surface area contributed by atoms with E-state index >= 15 is 0 Å². The number of rotatable bonds is 10. The van der Waals surface area contributed by atoms with Gasteiger partial charge in [0.05, 0.1) is 127 Å². The van der Waals surface area contributed by atoms with Crippen LogP contribution >= 0.6 is 141 Å². The number of Topliss-reactive ketones (excluding diaryl/α,β-unsaturated/α-hetero) is 2. The highest BCUT2D eigenvalue weighted by atomic mass is 32.2. The van der Waals surface area contributed by atoms with E-state index in [4.69, 9.17) is 24.7 Å². The van der Waals surface area contributed by atoms with Crippen molar-refractivity contribution in [2.45, 2.75) is 100 Å². The maximum Gasteiger partial charge on any atom is 0.343 e. The molecule has 0 atom stereocenters. The number of nitrogens with zero attached hydrogens (tertiary/aromatic N) is 7. The van der Waals surface area contributed by atoms with Crippen LogP contribution in [0.4, 0.5) is 11.4 Å². The number of hydrazine groups is 2. The number of para-hydroxylation sites is 2. The number of ketones is 2. The van der Waals surface area contributed by atoms with Gasteiger partial charge in [0.15, 0.2) is 5.78 Å². The third-order valence-corrected chi connectivity index (χ3v) is 34.9. The number of ether oxygens (including phenoxy) is 3. The van der Waals surface area contributed by atoms with Gasteiger partial charge in [-0.2, -0.15) is 20.6 Å². The monoisotopic (exact) mass is 2020 g/mol. The van der Waals surface area contributed by atoms with Crippen molar-refractivity contribution in [3.63, 3.8) is 0 Å². The van der Waals surface area contributed by atoms with E-state index in [1.807, 2.05) is 36.4 Å². The Kier molecular flexibility index (Phi) is 30.6. The van der Waals surface area contributed by atoms with Crippen molar-refractivity contribution < 1.29 is 119 Å². The molecule has 13 N–H and O–H groups in total. The smallest absolute Gasteiger partial charge is 0.343 e. The lowest BCUT2D eigenvalue weighted by Crippen LogP contribution is -2.35. The summed E-state index contributed by atoms with van der Waals surface area (Å²) in [5.41, 5.74) is 6.21. The highest BCUT2D eigenvalue weighted by Crippen LogP contribution is 2.65. The maximum atomic E-state index is 13.0. The third-order valence-electron chi connectivity index (χ3n) is 19.1. The molecule has 2 fully saturated rings. The molecule has 44 heteroatoms. The summed E-state index contributed by atoms with van der Waals surface area (Å²) >= 11 is 13.6. The van der Waals surface area contributed by atoms with Gasteiger partial charge in [-0.25, -0.2) is 14.6 Å². The van der Waals surface area contributed by atoms with Crippen LogP contribution in [0, 0.1) is 36.5 Å². The van der Waals surface area contributed by atoms with Gasteiger partial charge in [0, 0.05) is 19.7 Å². The molecule has 5 amide bonds. The van der Waals surface area contributed by atoms with Crippen LogP contribution in [-0.4, -0.2) is 164 Å². The molecule has 9 aliphatic heterocycles. The molecule has 0 aliphatic carbocycles. The summed E-state index contributed by atoms with van der Waals surface area (Å²) in [6.07, 6.45) is 0. The van der Waals surface area contributed by atoms with Crippen LogP contribution in [-0.2, 0) is 47.8 Å². The molecule has 133 heavy (non-hydrogen) atoms. The quantitative estimate of drug-likeness (QED) is 0.0115. The minimum atomic E-state index is -0.750. The molecule has 0 saturated carbocycles. The van der Waals surface area contributed by atoms with E-state index in [0.717, 1.165) is 118 Å². The number of hydrogen-bond acceptors (Lipinski definition) is 39. The van der Waals surface area contributed by atoms with Crippen molar-refractivity contribution in [2.75, 3.05) is 44.4 Å². The lowest BCUT2D eigenvalue weighted by molar-refractivity contribution is -0.141. The number of carbonyl (C=O) groups excluding carboxylic acids is 9. The predicted octanol–water partition coefficient (Wildman–Crippen LogP) is 17.7. The van der Waals surface area contributed by atoms with E-state index in [1.165, 1.54) is 132 Å². The van der Waals surface area contributed by atoms with Gasteiger partial charge in [-0.1, -0.05) is 178 Å². The van der Waals surface area contributed by atoms with E-state index in [1.54, 1.807) is 95.3 Å². The van der Waals surface area contributed by atoms with Crippen LogP contribution < -0.4 is 20.2 Å². The highest BCUT2D eigenvalue weighted by molar-refractivity contribution is 8.27. The molecule has 32 nitrogen and oxygen atoms in total. The molecule has 0 bridgehead atoms. The summed E-state index contributed by atoms with van der Waals surface area (Å²) in [6, 6.07) is 42.0. The fourth-order valence-electron chi connectivity index (χ4n) is 12.4. The first-order valence-corrected chi connectivity index (χ1v) is 48.2. The molecule has 9 aromatic carbocycles. The van der Waals surface area contributed by atoms with Crippen LogP contribution in [0.1, 0.15) is 49.2 Å². The van der Waals surface area contributed by atoms with Crippen LogP contribution in [0.2, 0.25) is 0 Å². The number of hydrogen-bond donors (Lipinski definition) is 13. The minimum Gasteiger partial charge on any atom is -0.507 e. The number of thioether (sulfide) groups is 12. The zero-order valence-corrected chi connectivity index (χ0v) is 79.9. The summed E-state index contributed by atoms with van der Waals surface area (Å²) in [7, 11) is 4.56. The number of carbonyl (C=O) groups is 9. The lowest BCUT2D eigenvalue weighted by atomic mass is 10.0. The number of esters is 2. The fourth-order valence-corrected chi connectivity index (χ4v) is 28.1. The Morgan fingerprint density at radius 2 is 0.744 bits per heavy atom. The number of likely N-dealkylation sites (N-methyl/N-ethyl adjacent to an activating group) is 2. The van der Waals surface area contributed by atoms with Gasteiger partial charge in [0.25, 0.3) is 29.5 Å². The second-order valence-corrected chi connectivity index (χ2v) is 41.5. The SMILES string of the molecule is CC1=NN(c2ccccc2)C(=O)C1=C1Sc2c(O)ccc(O)c2S1.CCOC(=O)C(C(=O)c1ccc(OC)cc1)=C1Sc2c(O)ccc(O)c2S1.CCOC(=O)C(C(C)=O)=C1Sc2c(O)ccc(O)c2S1.Cc1cc(O)c2c(c1O)SC(=C(C#N)C#N)S2.Cc1cc(O)c2c(c1O)SC(=C1C(=O)N(C)N(C)C1=O)S2.O=C1NN(c2ccccc2)C(=O)C1=C1Sc2c(O)ccc(O)c2S1. The van der Waals surface area contributed by atoms with Crippen molar-refractivity contribution >= 4 is 211 Å². The van der Waals surface area contributed by atoms with E-state index in [-0.39, 0.29) is 128 Å². The Hall–Kier alpha value is -12.7. The van der Waals surface area contributed by atoms with Crippen LogP contribution in [0.15, 0.2) is 268 Å². The van der Waals surface area contributed by atoms with Crippen LogP contribution in [0.3, 0.4) is 0 Å². The van der Waals surface area contributed by atoms with Crippen molar-refractivity contribution in [2.24, 2.45) is 5.10 Å². The molecular weight excluding hydrogens is 1950 g/mol. The number of anilines is 2. The maximum absolute atomic E-state index is 13.0. The number of fused-ring (bicyclic) bond motifs is 6. The van der Waals surface area contributed by atoms with Crippen molar-refractivity contribution in [1.29, 1.82) is 10.5 Å². The summed E-state index contributed by atoms with van der Waals surface area (Å²) < 4.78 is 17.9. The molecule has 2 saturated heterocycles. The van der Waals surface area contributed by atoms with Gasteiger partial charge in [0.2, 0.25) is 5.78 Å². The number of hydrazone groups is 1. The lowest BCUT2D eigenvalue weighted by Gasteiger charge is -2.16. The summed E-state index contributed by atoms with van der Waals surface area (Å²) in [6.45, 7) is 10.0. The van der Waals surface area contributed by atoms with E-state index in [9.17, 15) is 104 Å². The van der Waals surface area contributed by atoms with Crippen LogP contribution in [0.5, 0.6) is 74.7 Å². The Morgan fingerprint density at radius 1 is 0.406 bits per heavy atom. The Morgan fingerprint density at radius 3 is 1.14 bits per heavy atom. The first-order valence-electron chi connectivity index (χ1n) is 38.4. The number of allylic oxidation sites excluding steroid dienone is 1. The molecule has 18 rings (SSSR count). The molecule has 0 aromatic heterocycles. The molecule has 0 unspecified atom stereocenters. The highest BCUT2D eigenvalue weighted by Gasteiger charge is 2.45. The van der Waals surface area contributed by atoms with Crippen LogP contribution in [0.25, 0.3) is 0 Å². The Balaban J connectivity index is 0.000000136. The first kappa shape index (κ1) is 97.8. The number of amides is 5. The molecule has 0 spiro atoms. The summed E-state index contributed by atoms with van der Waals surface area (Å²) in [5.74, 6) is -3.37. The fraction of sp³-hybridized carbons (Fsp3) is 0.124. The van der Waals surface area contributed by atoms with Gasteiger partial charge < -0.3 is 75.5 Å². The molecule has 680 valence electrons. The number of nitrogens with one attached hydrogen (secondary N) is 1. The van der Waals surface area contributed by atoms with E-state index in [2.05, 4.69) is 10.5 Å². The third kappa shape index (κ3) is 20.2. The van der Waals surface area contributed by atoms with Gasteiger partial charge in [-0.05, 0) is 162 Å². The first-order chi connectivity index (χ1) is 63.4. The van der Waals surface area contributed by atoms with E-state index < -0.39 is 35.3 Å². The van der Waals surface area contributed by atoms with E-state index in [0.29, 0.717) is 129 Å². The zero-order valence-electron chi connectivity index (χ0n) is 70.1. The summed E-state index contributed by atoms with van der Waals surface area (Å²) in [4.78, 5) is 117. The number of nitriles is 2. The number of methoxy groups -OCH3 is 1. The Labute approximate surface area is 806 Å². The molecule has 9 heterocycles. The molecule has 0 radical (unpaired) electrons. The summed E-state index contributed by atoms with van der Waals surface area (Å²) in [5, 5.41) is 146. The topological polar surface area (TPSA) is 509 Å². The zero-order chi connectivity index (χ0) is 96.2. The second-order valence-electron chi connectivity index (χ2n) is 27.7. The number of benzene rings is 9. The van der Waals surface area contributed by atoms with Gasteiger partial charge in [-0.15, -0.1) is 0 Å². The van der Waals surface area contributed by atoms with Gasteiger partial charge >= 0.3 is 11.9 Å². The average Bonchev–Trinajstić information content (AvgIpc) is 1.62. The normalized spacial score (nSPS) is 15.0. The van der Waals surface area contributed by atoms with Crippen molar-refractivity contribution in [3.05, 3.63) is 221 Å². The number of aromatic hydroxyl groups is 12. The number of phenolic OH excluding ortho intramolecular Hbond substituents is 12. The van der Waals surface area contributed by atoms with Crippen molar-refractivity contribution in [1.82, 2.24) is 15.4 Å². The van der Waals surface area contributed by atoms with Gasteiger partial charge in [-0.3, -0.25) is 49.0 Å². The molecule has 9 aliphatic rings. The second kappa shape index (κ2) is 41.6. The molecule has 9 aromatic rings. The largest absolute Gasteiger partial charge is 0.507 e. The number of aryl methyl sites for hydroxylation is 2. The predicted molar refractivity (Wildman–Crippen MR) is 508 cm³/mol. The Bertz CT molecular complexity index is 6570. The average molecular weight is 2020 g/mol. The standard InChI is InChI=1S/C19H16O6S2.C17H12N2O3S2.C16H10N2O4S2.C13H12N2O4S2.C13H12O5S2.C11H6N2O2S2/c1-3-25-18(23)14(15(22)10-4-6-11(24-2)7-5-10)19-26-16-12(20)8-9-13(21)17(16)27-19;1-9-13(16(22)19(18-9)10-5-3-2-4-6-10)17-23-14-11(20)7-8-12(21)15(14)24-17;19-9-6-7-10(20)13-12(9)23-16(24-13)11-14(21)17-18(15(11)22)8-4-2-1-3-5-8;1-5-4-6(16)9-10(8(5)17)21-13(20-9)7-11(18)14(2)15(3)12(7)19;1-3-18-12(17)9(6(2)14)13-19-10-7(15)4-5-8(16)11(10)20-13;1-5-2-7(14)9-10(8(5)15)17-11(16-9)6(3-12)4-13/h4-9,20-21H,3H2,1-2H3;2-8,20-21H,1H3;1-7,19-20H,(H,17,21);4,16-17H,1-3H3;4-5,15-16H,3H2,1-2H3;2,14-15H,1H3. The number of phenols is 12. The van der Waals surface area contributed by atoms with Gasteiger partial charge in [0.1, 0.15) is 115 Å². The minimum absolute atomic E-state index is 0.00155.